The van der Waals surface area contributed by atoms with E-state index in [-0.39, 0.29) is 28.9 Å². The number of aromatic nitrogens is 2. The zero-order chi connectivity index (χ0) is 26.5. The smallest absolute Gasteiger partial charge is 0.373 e. The predicted molar refractivity (Wildman–Crippen MR) is 144 cm³/mol. The lowest BCUT2D eigenvalue weighted by Crippen LogP contribution is -2.62. The van der Waals surface area contributed by atoms with Gasteiger partial charge < -0.3 is 15.3 Å². The van der Waals surface area contributed by atoms with Gasteiger partial charge in [-0.1, -0.05) is 46.3 Å². The topological polar surface area (TPSA) is 104 Å². The summed E-state index contributed by atoms with van der Waals surface area (Å²) in [5.74, 6) is 2.18. The molecule has 204 valence electrons. The van der Waals surface area contributed by atoms with Gasteiger partial charge in [0.1, 0.15) is 0 Å². The van der Waals surface area contributed by atoms with E-state index in [1.165, 1.54) is 25.7 Å². The van der Waals surface area contributed by atoms with Crippen LogP contribution in [0.4, 0.5) is 0 Å². The molecular weight excluding hydrogens is 464 g/mol. The minimum Gasteiger partial charge on any atom is -0.475 e. The van der Waals surface area contributed by atoms with Gasteiger partial charge in [-0.05, 0) is 104 Å². The van der Waals surface area contributed by atoms with Crippen molar-refractivity contribution in [2.24, 2.45) is 52.3 Å². The SMILES string of the molecule is CC[C@H]1[C@@H](O)C2C3CC[C@H]([C@H](C)C/C=C/c4cnc(C(=O)O)nc4)[C@@]3(C)CCC2[C@@]2(C)CC[C@@H](O)C[C@@H]12. The average Bonchev–Trinajstić information content (AvgIpc) is 3.23. The molecule has 3 unspecified atom stereocenters. The highest BCUT2D eigenvalue weighted by Crippen LogP contribution is 2.69. The lowest BCUT2D eigenvalue weighted by molar-refractivity contribution is -0.203. The summed E-state index contributed by atoms with van der Waals surface area (Å²) < 4.78 is 0. The summed E-state index contributed by atoms with van der Waals surface area (Å²) in [6.07, 6.45) is 16.7. The molecule has 6 heteroatoms. The van der Waals surface area contributed by atoms with E-state index in [9.17, 15) is 15.0 Å². The second-order valence-electron chi connectivity index (χ2n) is 13.4. The fourth-order valence-corrected chi connectivity index (χ4v) is 10.1. The highest BCUT2D eigenvalue weighted by molar-refractivity contribution is 5.83. The Hall–Kier alpha value is -1.79. The summed E-state index contributed by atoms with van der Waals surface area (Å²) >= 11 is 0. The van der Waals surface area contributed by atoms with E-state index in [2.05, 4.69) is 43.7 Å². The molecule has 1 heterocycles. The van der Waals surface area contributed by atoms with Crippen molar-refractivity contribution < 1.29 is 20.1 Å². The third kappa shape index (κ3) is 4.46. The second-order valence-corrected chi connectivity index (χ2v) is 13.4. The van der Waals surface area contributed by atoms with Crippen LogP contribution in [0.2, 0.25) is 0 Å². The molecule has 0 radical (unpaired) electrons. The molecule has 3 N–H and O–H groups in total. The van der Waals surface area contributed by atoms with Gasteiger partial charge >= 0.3 is 5.97 Å². The zero-order valence-corrected chi connectivity index (χ0v) is 23.0. The summed E-state index contributed by atoms with van der Waals surface area (Å²) in [6, 6.07) is 0. The van der Waals surface area contributed by atoms with E-state index in [1.54, 1.807) is 12.4 Å². The fourth-order valence-electron chi connectivity index (χ4n) is 10.1. The Kier molecular flexibility index (Phi) is 7.29. The lowest BCUT2D eigenvalue weighted by Gasteiger charge is -2.64. The third-order valence-corrected chi connectivity index (χ3v) is 11.8. The van der Waals surface area contributed by atoms with Crippen molar-refractivity contribution in [2.45, 2.75) is 97.7 Å². The number of carboxylic acids is 1. The van der Waals surface area contributed by atoms with Crippen LogP contribution >= 0.6 is 0 Å². The summed E-state index contributed by atoms with van der Waals surface area (Å²) in [6.45, 7) is 9.65. The van der Waals surface area contributed by atoms with Crippen LogP contribution in [-0.4, -0.2) is 43.5 Å². The normalized spacial score (nSPS) is 44.2. The number of aliphatic hydroxyl groups excluding tert-OH is 2. The average molecular weight is 511 g/mol. The molecule has 5 rings (SSSR count). The van der Waals surface area contributed by atoms with Crippen LogP contribution in [0.15, 0.2) is 18.5 Å². The van der Waals surface area contributed by atoms with E-state index in [4.69, 9.17) is 5.11 Å². The number of aliphatic hydroxyl groups is 2. The van der Waals surface area contributed by atoms with Gasteiger partial charge in [0.25, 0.3) is 0 Å². The third-order valence-electron chi connectivity index (χ3n) is 11.8. The molecule has 0 spiro atoms. The minimum absolute atomic E-state index is 0.175. The number of carbonyl (C=O) groups is 1. The number of carboxylic acid groups (broad SMARTS) is 1. The van der Waals surface area contributed by atoms with Crippen molar-refractivity contribution in [3.8, 4) is 0 Å². The monoisotopic (exact) mass is 510 g/mol. The maximum Gasteiger partial charge on any atom is 0.373 e. The molecule has 0 saturated heterocycles. The van der Waals surface area contributed by atoms with E-state index >= 15 is 0 Å². The van der Waals surface area contributed by atoms with Gasteiger partial charge in [0.05, 0.1) is 12.2 Å². The quantitative estimate of drug-likeness (QED) is 0.444. The summed E-state index contributed by atoms with van der Waals surface area (Å²) in [5.41, 5.74) is 1.33. The molecule has 4 saturated carbocycles. The first-order valence-electron chi connectivity index (χ1n) is 14.7. The molecule has 0 amide bonds. The Morgan fingerprint density at radius 3 is 2.41 bits per heavy atom. The number of aromatic carboxylic acids is 1. The molecule has 4 aliphatic carbocycles. The Morgan fingerprint density at radius 1 is 1.05 bits per heavy atom. The number of hydrogen-bond donors (Lipinski definition) is 3. The first kappa shape index (κ1) is 26.8. The Bertz CT molecular complexity index is 1010. The van der Waals surface area contributed by atoms with Crippen molar-refractivity contribution in [3.63, 3.8) is 0 Å². The van der Waals surface area contributed by atoms with Crippen molar-refractivity contribution in [2.75, 3.05) is 0 Å². The van der Waals surface area contributed by atoms with Crippen LogP contribution in [-0.2, 0) is 0 Å². The van der Waals surface area contributed by atoms with Crippen molar-refractivity contribution >= 4 is 12.0 Å². The molecule has 6 nitrogen and oxygen atoms in total. The van der Waals surface area contributed by atoms with Gasteiger partial charge in [-0.15, -0.1) is 0 Å². The van der Waals surface area contributed by atoms with Crippen molar-refractivity contribution in [1.82, 2.24) is 9.97 Å². The van der Waals surface area contributed by atoms with Gasteiger partial charge in [0, 0.05) is 18.0 Å². The molecule has 1 aromatic rings. The maximum absolute atomic E-state index is 11.9. The van der Waals surface area contributed by atoms with Crippen LogP contribution in [0.5, 0.6) is 0 Å². The molecule has 0 aromatic carbocycles. The van der Waals surface area contributed by atoms with E-state index in [0.29, 0.717) is 41.4 Å². The van der Waals surface area contributed by atoms with Crippen LogP contribution in [0, 0.1) is 52.3 Å². The molecule has 0 bridgehead atoms. The predicted octanol–water partition coefficient (Wildman–Crippen LogP) is 5.84. The standard InChI is InChI=1S/C31H46N2O4/c1-5-21-25-15-20(34)11-13-31(25,4)24-12-14-30(3)22(9-10-23(30)26(24)27(21)35)18(2)7-6-8-19-16-32-28(29(36)37)33-17-19/h6,8,16-18,20-27,34-35H,5,7,9-15H2,1-4H3,(H,36,37)/b8-6+/t18-,20-,21-,22-,23?,24?,25+,26?,27-,30-,31-/m1/s1. The van der Waals surface area contributed by atoms with Crippen LogP contribution in [0.1, 0.15) is 102 Å². The first-order valence-corrected chi connectivity index (χ1v) is 14.7. The Morgan fingerprint density at radius 2 is 1.73 bits per heavy atom. The van der Waals surface area contributed by atoms with Gasteiger partial charge in [0.2, 0.25) is 5.82 Å². The first-order chi connectivity index (χ1) is 17.6. The van der Waals surface area contributed by atoms with Gasteiger partial charge in [0.15, 0.2) is 0 Å². The molecule has 4 aliphatic rings. The number of nitrogens with zero attached hydrogens (tertiary/aromatic N) is 2. The highest BCUT2D eigenvalue weighted by atomic mass is 16.4. The molecule has 4 fully saturated rings. The van der Waals surface area contributed by atoms with Crippen molar-refractivity contribution in [1.29, 1.82) is 0 Å². The Balaban J connectivity index is 1.31. The van der Waals surface area contributed by atoms with Crippen molar-refractivity contribution in [3.05, 3.63) is 29.9 Å². The summed E-state index contributed by atoms with van der Waals surface area (Å²) in [5, 5.41) is 31.4. The highest BCUT2D eigenvalue weighted by Gasteiger charge is 2.64. The molecule has 11 atom stereocenters. The molecular formula is C31H46N2O4. The van der Waals surface area contributed by atoms with Gasteiger partial charge in [-0.3, -0.25) is 0 Å². The Labute approximate surface area is 222 Å². The van der Waals surface area contributed by atoms with Crippen LogP contribution in [0.25, 0.3) is 6.08 Å². The summed E-state index contributed by atoms with van der Waals surface area (Å²) in [7, 11) is 0. The molecule has 1 aromatic heterocycles. The van der Waals surface area contributed by atoms with Gasteiger partial charge in [-0.2, -0.15) is 0 Å². The zero-order valence-electron chi connectivity index (χ0n) is 23.0. The largest absolute Gasteiger partial charge is 0.475 e. The fraction of sp³-hybridized carbons (Fsp3) is 0.774. The van der Waals surface area contributed by atoms with E-state index < -0.39 is 5.97 Å². The number of allylic oxidation sites excluding steroid dienone is 1. The summed E-state index contributed by atoms with van der Waals surface area (Å²) in [4.78, 5) is 18.8. The minimum atomic E-state index is -1.11. The molecule has 0 aliphatic heterocycles. The lowest BCUT2D eigenvalue weighted by atomic mass is 9.41. The van der Waals surface area contributed by atoms with E-state index in [1.807, 2.05) is 6.08 Å². The second kappa shape index (κ2) is 10.1. The molecule has 37 heavy (non-hydrogen) atoms. The maximum atomic E-state index is 11.9. The number of hydrogen-bond acceptors (Lipinski definition) is 5. The number of rotatable bonds is 6. The van der Waals surface area contributed by atoms with Gasteiger partial charge in [-0.25, -0.2) is 14.8 Å². The van der Waals surface area contributed by atoms with Crippen LogP contribution < -0.4 is 0 Å². The van der Waals surface area contributed by atoms with Crippen LogP contribution in [0.3, 0.4) is 0 Å². The van der Waals surface area contributed by atoms with E-state index in [0.717, 1.165) is 37.7 Å². The number of fused-ring (bicyclic) bond motifs is 5.